The monoisotopic (exact) mass is 378 g/mol. The second kappa shape index (κ2) is 6.41. The molecule has 0 saturated heterocycles. The lowest BCUT2D eigenvalue weighted by Gasteiger charge is -2.25. The van der Waals surface area contributed by atoms with Crippen LogP contribution in [0.4, 0.5) is 13.2 Å². The van der Waals surface area contributed by atoms with Gasteiger partial charge in [-0.2, -0.15) is 17.5 Å². The number of benzene rings is 1. The van der Waals surface area contributed by atoms with Gasteiger partial charge in [-0.05, 0) is 24.1 Å². The Kier molecular flexibility index (Phi) is 4.97. The number of sulfonamides is 1. The Bertz CT molecular complexity index is 819. The summed E-state index contributed by atoms with van der Waals surface area (Å²) in [5.74, 6) is -1.61. The van der Waals surface area contributed by atoms with Crippen molar-refractivity contribution in [3.05, 3.63) is 29.3 Å². The first-order chi connectivity index (χ1) is 11.3. The molecule has 6 nitrogen and oxygen atoms in total. The third-order valence-electron chi connectivity index (χ3n) is 3.62. The van der Waals surface area contributed by atoms with E-state index in [4.69, 9.17) is 0 Å². The molecular weight excluding hydrogens is 361 g/mol. The molecule has 2 amide bonds. The first-order valence-electron chi connectivity index (χ1n) is 7.38. The van der Waals surface area contributed by atoms with Crippen molar-refractivity contribution in [1.29, 1.82) is 0 Å². The van der Waals surface area contributed by atoms with Crippen molar-refractivity contribution in [2.45, 2.75) is 24.9 Å². The maximum absolute atomic E-state index is 12.8. The minimum atomic E-state index is -4.70. The zero-order valence-electron chi connectivity index (χ0n) is 13.8. The van der Waals surface area contributed by atoms with E-state index >= 15 is 0 Å². The molecule has 0 saturated carbocycles. The van der Waals surface area contributed by atoms with Crippen LogP contribution >= 0.6 is 0 Å². The van der Waals surface area contributed by atoms with E-state index in [1.54, 1.807) is 13.8 Å². The summed E-state index contributed by atoms with van der Waals surface area (Å²) in [4.78, 5) is 24.2. The van der Waals surface area contributed by atoms with Crippen molar-refractivity contribution < 1.29 is 31.2 Å². The summed E-state index contributed by atoms with van der Waals surface area (Å²) in [5.41, 5.74) is -0.109. The predicted molar refractivity (Wildman–Crippen MR) is 82.5 cm³/mol. The summed E-state index contributed by atoms with van der Waals surface area (Å²) < 4.78 is 63.9. The van der Waals surface area contributed by atoms with E-state index in [0.29, 0.717) is 4.31 Å². The van der Waals surface area contributed by atoms with Crippen molar-refractivity contribution >= 4 is 21.8 Å². The number of fused-ring (bicyclic) bond motifs is 1. The fraction of sp³-hybridized carbons (Fsp3) is 0.467. The van der Waals surface area contributed by atoms with E-state index < -0.39 is 39.5 Å². The molecule has 25 heavy (non-hydrogen) atoms. The number of amides is 2. The molecule has 0 bridgehead atoms. The second-order valence-electron chi connectivity index (χ2n) is 6.18. The first kappa shape index (κ1) is 19.4. The molecular formula is C15H17F3N2O4S. The molecule has 0 radical (unpaired) electrons. The number of alkyl halides is 3. The van der Waals surface area contributed by atoms with Gasteiger partial charge in [0.25, 0.3) is 11.8 Å². The molecule has 10 heteroatoms. The Morgan fingerprint density at radius 3 is 2.20 bits per heavy atom. The molecule has 0 spiro atoms. The number of imide groups is 1. The molecule has 1 aliphatic heterocycles. The smallest absolute Gasteiger partial charge is 0.277 e. The third kappa shape index (κ3) is 3.84. The van der Waals surface area contributed by atoms with Crippen LogP contribution in [-0.4, -0.2) is 55.8 Å². The second-order valence-corrected chi connectivity index (χ2v) is 8.12. The van der Waals surface area contributed by atoms with Crippen LogP contribution in [0.2, 0.25) is 0 Å². The largest absolute Gasteiger partial charge is 0.402 e. The normalized spacial score (nSPS) is 15.4. The van der Waals surface area contributed by atoms with Gasteiger partial charge in [-0.25, -0.2) is 8.42 Å². The lowest BCUT2D eigenvalue weighted by Crippen LogP contribution is -2.41. The molecule has 1 aromatic carbocycles. The first-order valence-corrected chi connectivity index (χ1v) is 8.82. The summed E-state index contributed by atoms with van der Waals surface area (Å²) in [6.45, 7) is 1.24. The fourth-order valence-electron chi connectivity index (χ4n) is 2.50. The summed E-state index contributed by atoms with van der Waals surface area (Å²) in [6.07, 6.45) is -4.70. The van der Waals surface area contributed by atoms with Crippen molar-refractivity contribution in [2.75, 3.05) is 20.1 Å². The molecule has 0 unspecified atom stereocenters. The Balaban J connectivity index is 2.48. The number of rotatable bonds is 5. The quantitative estimate of drug-likeness (QED) is 0.736. The Morgan fingerprint density at radius 2 is 1.68 bits per heavy atom. The molecule has 1 heterocycles. The Hall–Kier alpha value is -1.94. The molecule has 0 atom stereocenters. The van der Waals surface area contributed by atoms with Crippen molar-refractivity contribution in [3.63, 3.8) is 0 Å². The maximum Gasteiger partial charge on any atom is 0.402 e. The Labute approximate surface area is 143 Å². The van der Waals surface area contributed by atoms with E-state index in [0.717, 1.165) is 23.1 Å². The number of hydrogen-bond acceptors (Lipinski definition) is 4. The molecule has 138 valence electrons. The predicted octanol–water partition coefficient (Wildman–Crippen LogP) is 2.12. The molecule has 0 aliphatic carbocycles. The average molecular weight is 378 g/mol. The SMILES string of the molecule is CC(C)CN(CC(F)(F)F)S(=O)(=O)c1ccc2c(c1)C(=O)N(C)C2=O. The van der Waals surface area contributed by atoms with E-state index in [1.165, 1.54) is 7.05 Å². The molecule has 0 N–H and O–H groups in total. The van der Waals surface area contributed by atoms with E-state index in [1.807, 2.05) is 0 Å². The van der Waals surface area contributed by atoms with Crippen LogP contribution in [0.1, 0.15) is 34.6 Å². The number of carbonyl (C=O) groups excluding carboxylic acids is 2. The van der Waals surface area contributed by atoms with E-state index in [-0.39, 0.29) is 23.6 Å². The van der Waals surface area contributed by atoms with Crippen LogP contribution in [0.5, 0.6) is 0 Å². The molecule has 0 fully saturated rings. The van der Waals surface area contributed by atoms with Crippen LogP contribution in [0, 0.1) is 5.92 Å². The highest BCUT2D eigenvalue weighted by Gasteiger charge is 2.39. The number of carbonyl (C=O) groups is 2. The topological polar surface area (TPSA) is 74.8 Å². The highest BCUT2D eigenvalue weighted by atomic mass is 32.2. The van der Waals surface area contributed by atoms with E-state index in [2.05, 4.69) is 0 Å². The number of nitrogens with zero attached hydrogens (tertiary/aromatic N) is 2. The van der Waals surface area contributed by atoms with Gasteiger partial charge in [0.05, 0.1) is 16.0 Å². The Morgan fingerprint density at radius 1 is 1.12 bits per heavy atom. The van der Waals surface area contributed by atoms with Crippen LogP contribution in [0.3, 0.4) is 0 Å². The fourth-order valence-corrected chi connectivity index (χ4v) is 4.12. The summed E-state index contributed by atoms with van der Waals surface area (Å²) in [5, 5.41) is 0. The van der Waals surface area contributed by atoms with Gasteiger partial charge in [-0.15, -0.1) is 0 Å². The number of halogens is 3. The maximum atomic E-state index is 12.8. The van der Waals surface area contributed by atoms with Gasteiger partial charge >= 0.3 is 6.18 Å². The van der Waals surface area contributed by atoms with Gasteiger partial charge < -0.3 is 0 Å². The van der Waals surface area contributed by atoms with Gasteiger partial charge in [0.2, 0.25) is 10.0 Å². The highest BCUT2D eigenvalue weighted by Crippen LogP contribution is 2.28. The molecule has 1 aliphatic rings. The zero-order chi connectivity index (χ0) is 19.2. The highest BCUT2D eigenvalue weighted by molar-refractivity contribution is 7.89. The minimum Gasteiger partial charge on any atom is -0.277 e. The van der Waals surface area contributed by atoms with Crippen molar-refractivity contribution in [1.82, 2.24) is 9.21 Å². The summed E-state index contributed by atoms with van der Waals surface area (Å²) in [7, 11) is -3.23. The average Bonchev–Trinajstić information content (AvgIpc) is 2.69. The van der Waals surface area contributed by atoms with Gasteiger partial charge in [-0.3, -0.25) is 14.5 Å². The molecule has 1 aromatic rings. The summed E-state index contributed by atoms with van der Waals surface area (Å²) >= 11 is 0. The van der Waals surface area contributed by atoms with Crippen LogP contribution in [0.25, 0.3) is 0 Å². The van der Waals surface area contributed by atoms with Crippen LogP contribution in [0.15, 0.2) is 23.1 Å². The van der Waals surface area contributed by atoms with Crippen molar-refractivity contribution in [3.8, 4) is 0 Å². The van der Waals surface area contributed by atoms with Gasteiger partial charge in [0.1, 0.15) is 6.54 Å². The van der Waals surface area contributed by atoms with Gasteiger partial charge in [-0.1, -0.05) is 13.8 Å². The summed E-state index contributed by atoms with van der Waals surface area (Å²) in [6, 6.07) is 3.15. The van der Waals surface area contributed by atoms with Gasteiger partial charge in [0, 0.05) is 13.6 Å². The van der Waals surface area contributed by atoms with Crippen LogP contribution in [-0.2, 0) is 10.0 Å². The van der Waals surface area contributed by atoms with Crippen LogP contribution < -0.4 is 0 Å². The standard InChI is InChI=1S/C15H17F3N2O4S/c1-9(2)7-20(8-15(16,17)18)25(23,24)10-4-5-11-12(6-10)14(22)19(3)13(11)21/h4-6,9H,7-8H2,1-3H3. The zero-order valence-corrected chi connectivity index (χ0v) is 14.6. The molecule has 0 aromatic heterocycles. The lowest BCUT2D eigenvalue weighted by atomic mass is 10.1. The number of hydrogen-bond donors (Lipinski definition) is 0. The molecule has 2 rings (SSSR count). The van der Waals surface area contributed by atoms with E-state index in [9.17, 15) is 31.2 Å². The third-order valence-corrected chi connectivity index (χ3v) is 5.43. The van der Waals surface area contributed by atoms with Gasteiger partial charge in [0.15, 0.2) is 0 Å². The lowest BCUT2D eigenvalue weighted by molar-refractivity contribution is -0.136. The van der Waals surface area contributed by atoms with Crippen molar-refractivity contribution in [2.24, 2.45) is 5.92 Å². The minimum absolute atomic E-state index is 0.0256.